The van der Waals surface area contributed by atoms with E-state index in [1.165, 1.54) is 11.7 Å². The second-order valence-corrected chi connectivity index (χ2v) is 5.03. The predicted molar refractivity (Wildman–Crippen MR) is 64.1 cm³/mol. The molecule has 0 saturated heterocycles. The quantitative estimate of drug-likeness (QED) is 0.856. The first kappa shape index (κ1) is 12.4. The summed E-state index contributed by atoms with van der Waals surface area (Å²) in [6, 6.07) is 0.209. The number of thioether (sulfide) groups is 1. The Morgan fingerprint density at radius 3 is 2.80 bits per heavy atom. The highest BCUT2D eigenvalue weighted by atomic mass is 32.2. The molecule has 0 atom stereocenters. The zero-order valence-corrected chi connectivity index (χ0v) is 10.7. The Hall–Kier alpha value is -0.620. The number of amides is 1. The Morgan fingerprint density at radius 2 is 2.27 bits per heavy atom. The molecule has 1 aromatic heterocycles. The van der Waals surface area contributed by atoms with Crippen molar-refractivity contribution in [3.8, 4) is 0 Å². The molecular formula is C9H15N3OS2. The van der Waals surface area contributed by atoms with E-state index in [0.717, 1.165) is 17.1 Å². The lowest BCUT2D eigenvalue weighted by atomic mass is 10.4. The van der Waals surface area contributed by atoms with Crippen LogP contribution in [0.1, 0.15) is 25.2 Å². The highest BCUT2D eigenvalue weighted by Crippen LogP contribution is 2.13. The highest BCUT2D eigenvalue weighted by Gasteiger charge is 2.06. The first-order chi connectivity index (χ1) is 7.09. The van der Waals surface area contributed by atoms with Crippen LogP contribution in [0, 0.1) is 6.92 Å². The van der Waals surface area contributed by atoms with E-state index in [4.69, 9.17) is 0 Å². The molecule has 0 aliphatic heterocycles. The van der Waals surface area contributed by atoms with Crippen LogP contribution in [-0.4, -0.2) is 26.4 Å². The molecule has 0 saturated carbocycles. The van der Waals surface area contributed by atoms with Gasteiger partial charge in [0.05, 0.1) is 28.9 Å². The minimum absolute atomic E-state index is 0.0795. The Labute approximate surface area is 98.2 Å². The molecule has 1 aromatic rings. The molecule has 15 heavy (non-hydrogen) atoms. The SMILES string of the molecule is Cc1nsnc1CSCC(=O)NC(C)C. The molecule has 6 heteroatoms. The van der Waals surface area contributed by atoms with E-state index in [1.54, 1.807) is 11.8 Å². The number of hydrogen-bond acceptors (Lipinski definition) is 5. The Balaban J connectivity index is 2.22. The van der Waals surface area contributed by atoms with Crippen LogP contribution in [0.5, 0.6) is 0 Å². The lowest BCUT2D eigenvalue weighted by Crippen LogP contribution is -2.31. The maximum absolute atomic E-state index is 11.3. The van der Waals surface area contributed by atoms with Gasteiger partial charge in [-0.05, 0) is 20.8 Å². The van der Waals surface area contributed by atoms with Crippen molar-refractivity contribution in [3.05, 3.63) is 11.4 Å². The van der Waals surface area contributed by atoms with Crippen molar-refractivity contribution in [1.82, 2.24) is 14.1 Å². The van der Waals surface area contributed by atoms with Gasteiger partial charge >= 0.3 is 0 Å². The molecule has 1 heterocycles. The van der Waals surface area contributed by atoms with E-state index in [9.17, 15) is 4.79 Å². The van der Waals surface area contributed by atoms with Crippen LogP contribution >= 0.6 is 23.5 Å². The zero-order valence-electron chi connectivity index (χ0n) is 9.11. The maximum atomic E-state index is 11.3. The number of aromatic nitrogens is 2. The topological polar surface area (TPSA) is 54.9 Å². The van der Waals surface area contributed by atoms with Gasteiger partial charge in [-0.3, -0.25) is 4.79 Å². The van der Waals surface area contributed by atoms with Gasteiger partial charge in [-0.1, -0.05) is 0 Å². The number of carbonyl (C=O) groups is 1. The third kappa shape index (κ3) is 4.61. The largest absolute Gasteiger partial charge is 0.353 e. The number of hydrogen-bond donors (Lipinski definition) is 1. The van der Waals surface area contributed by atoms with Gasteiger partial charge in [-0.2, -0.15) is 8.75 Å². The second-order valence-electron chi connectivity index (χ2n) is 3.51. The fraction of sp³-hybridized carbons (Fsp3) is 0.667. The molecule has 0 aliphatic rings. The van der Waals surface area contributed by atoms with Crippen molar-refractivity contribution >= 4 is 29.4 Å². The van der Waals surface area contributed by atoms with Crippen molar-refractivity contribution in [3.63, 3.8) is 0 Å². The van der Waals surface area contributed by atoms with Crippen LogP contribution in [0.15, 0.2) is 0 Å². The minimum atomic E-state index is 0.0795. The molecule has 0 fully saturated rings. The monoisotopic (exact) mass is 245 g/mol. The molecule has 0 bridgehead atoms. The molecule has 0 unspecified atom stereocenters. The van der Waals surface area contributed by atoms with Crippen molar-refractivity contribution in [2.24, 2.45) is 0 Å². The summed E-state index contributed by atoms with van der Waals surface area (Å²) in [7, 11) is 0. The number of rotatable bonds is 5. The lowest BCUT2D eigenvalue weighted by molar-refractivity contribution is -0.119. The predicted octanol–water partition coefficient (Wildman–Crippen LogP) is 1.60. The molecule has 1 rings (SSSR count). The summed E-state index contributed by atoms with van der Waals surface area (Å²) in [5, 5.41) is 2.84. The standard InChI is InChI=1S/C9H15N3OS2/c1-6(2)10-9(13)5-14-4-8-7(3)11-15-12-8/h6H,4-5H2,1-3H3,(H,10,13). The van der Waals surface area contributed by atoms with Gasteiger partial charge in [0.15, 0.2) is 0 Å². The third-order valence-electron chi connectivity index (χ3n) is 1.67. The van der Waals surface area contributed by atoms with Crippen LogP contribution in [0.25, 0.3) is 0 Å². The van der Waals surface area contributed by atoms with Gasteiger partial charge in [-0.25, -0.2) is 0 Å². The van der Waals surface area contributed by atoms with Gasteiger partial charge in [-0.15, -0.1) is 11.8 Å². The fourth-order valence-corrected chi connectivity index (χ4v) is 2.47. The van der Waals surface area contributed by atoms with E-state index in [2.05, 4.69) is 14.1 Å². The average Bonchev–Trinajstić information content (AvgIpc) is 2.50. The van der Waals surface area contributed by atoms with Gasteiger partial charge in [0.1, 0.15) is 0 Å². The van der Waals surface area contributed by atoms with Crippen molar-refractivity contribution in [2.75, 3.05) is 5.75 Å². The van der Waals surface area contributed by atoms with Gasteiger partial charge < -0.3 is 5.32 Å². The van der Waals surface area contributed by atoms with Crippen LogP contribution < -0.4 is 5.32 Å². The molecule has 1 N–H and O–H groups in total. The number of carbonyl (C=O) groups excluding carboxylic acids is 1. The van der Waals surface area contributed by atoms with Crippen molar-refractivity contribution in [2.45, 2.75) is 32.6 Å². The Morgan fingerprint density at radius 1 is 1.53 bits per heavy atom. The zero-order chi connectivity index (χ0) is 11.3. The fourth-order valence-electron chi connectivity index (χ4n) is 0.985. The van der Waals surface area contributed by atoms with E-state index in [1.807, 2.05) is 20.8 Å². The summed E-state index contributed by atoms with van der Waals surface area (Å²) < 4.78 is 8.23. The first-order valence-electron chi connectivity index (χ1n) is 4.74. The van der Waals surface area contributed by atoms with Gasteiger partial charge in [0.2, 0.25) is 5.91 Å². The van der Waals surface area contributed by atoms with Crippen LogP contribution in [0.4, 0.5) is 0 Å². The van der Waals surface area contributed by atoms with Crippen LogP contribution in [0.3, 0.4) is 0 Å². The summed E-state index contributed by atoms with van der Waals surface area (Å²) >= 11 is 2.79. The van der Waals surface area contributed by atoms with E-state index >= 15 is 0 Å². The lowest BCUT2D eigenvalue weighted by Gasteiger charge is -2.07. The summed E-state index contributed by atoms with van der Waals surface area (Å²) in [5.74, 6) is 1.32. The minimum Gasteiger partial charge on any atom is -0.353 e. The molecule has 0 spiro atoms. The summed E-state index contributed by atoms with van der Waals surface area (Å²) in [5.41, 5.74) is 1.96. The molecular weight excluding hydrogens is 230 g/mol. The molecule has 0 radical (unpaired) electrons. The van der Waals surface area contributed by atoms with E-state index in [0.29, 0.717) is 5.75 Å². The number of nitrogens with zero attached hydrogens (tertiary/aromatic N) is 2. The van der Waals surface area contributed by atoms with Crippen molar-refractivity contribution < 1.29 is 4.79 Å². The summed E-state index contributed by atoms with van der Waals surface area (Å²) in [4.78, 5) is 11.3. The molecule has 0 aliphatic carbocycles. The van der Waals surface area contributed by atoms with E-state index in [-0.39, 0.29) is 11.9 Å². The highest BCUT2D eigenvalue weighted by molar-refractivity contribution is 7.99. The second kappa shape index (κ2) is 6.07. The normalized spacial score (nSPS) is 10.7. The van der Waals surface area contributed by atoms with Crippen LogP contribution in [-0.2, 0) is 10.5 Å². The Kier molecular flexibility index (Phi) is 5.04. The molecule has 0 aromatic carbocycles. The van der Waals surface area contributed by atoms with E-state index < -0.39 is 0 Å². The third-order valence-corrected chi connectivity index (χ3v) is 3.27. The molecule has 1 amide bonds. The maximum Gasteiger partial charge on any atom is 0.230 e. The van der Waals surface area contributed by atoms with Crippen LogP contribution in [0.2, 0.25) is 0 Å². The molecule has 84 valence electrons. The number of nitrogens with one attached hydrogen (secondary N) is 1. The smallest absolute Gasteiger partial charge is 0.230 e. The summed E-state index contributed by atoms with van der Waals surface area (Å²) in [6.45, 7) is 5.85. The first-order valence-corrected chi connectivity index (χ1v) is 6.63. The Bertz CT molecular complexity index is 325. The average molecular weight is 245 g/mol. The van der Waals surface area contributed by atoms with Crippen molar-refractivity contribution in [1.29, 1.82) is 0 Å². The summed E-state index contributed by atoms with van der Waals surface area (Å²) in [6.07, 6.45) is 0. The molecule has 4 nitrogen and oxygen atoms in total. The van der Waals surface area contributed by atoms with Gasteiger partial charge in [0.25, 0.3) is 0 Å². The number of aryl methyl sites for hydroxylation is 1. The van der Waals surface area contributed by atoms with Gasteiger partial charge in [0, 0.05) is 11.8 Å².